The molecule has 0 aliphatic carbocycles. The predicted molar refractivity (Wildman–Crippen MR) is 116 cm³/mol. The average Bonchev–Trinajstić information content (AvgIpc) is 2.73. The van der Waals surface area contributed by atoms with E-state index in [0.717, 1.165) is 36.7 Å². The predicted octanol–water partition coefficient (Wildman–Crippen LogP) is 3.31. The minimum Gasteiger partial charge on any atom is -0.361 e. The van der Waals surface area contributed by atoms with Gasteiger partial charge in [0.05, 0.1) is 0 Å². The summed E-state index contributed by atoms with van der Waals surface area (Å²) in [5, 5.41) is 23.5. The summed E-state index contributed by atoms with van der Waals surface area (Å²) in [5.74, 6) is 0.805. The van der Waals surface area contributed by atoms with Crippen LogP contribution in [0.2, 0.25) is 0 Å². The van der Waals surface area contributed by atoms with Crippen LogP contribution in [0.4, 0.5) is 5.69 Å². The molecule has 3 rings (SSSR count). The Morgan fingerprint density at radius 1 is 1.11 bits per heavy atom. The van der Waals surface area contributed by atoms with E-state index >= 15 is 0 Å². The van der Waals surface area contributed by atoms with Crippen LogP contribution in [0.15, 0.2) is 54.6 Å². The van der Waals surface area contributed by atoms with Gasteiger partial charge in [0, 0.05) is 18.4 Å². The monoisotopic (exact) mass is 380 g/mol. The number of nitrogens with one attached hydrogen (secondary N) is 3. The summed E-state index contributed by atoms with van der Waals surface area (Å²) in [6.07, 6.45) is 5.29. The zero-order valence-electron chi connectivity index (χ0n) is 16.5. The molecule has 28 heavy (non-hydrogen) atoms. The molecule has 1 aliphatic rings. The molecule has 0 spiro atoms. The molecule has 1 aliphatic heterocycles. The third-order valence-corrected chi connectivity index (χ3v) is 5.42. The standard InChI is InChI=1S/C23H32N4O/c24-18-21-8-4-9-22(17-21)26-23(28)25-12-5-13-27-14-10-20(11-15-27)16-19-6-2-1-3-7-19/h1-4,6-9,17-18,20,23-26,28H,5,10-16H2. The van der Waals surface area contributed by atoms with Crippen molar-refractivity contribution in [1.29, 1.82) is 5.41 Å². The molecule has 0 saturated carbocycles. The van der Waals surface area contributed by atoms with Crippen molar-refractivity contribution in [1.82, 2.24) is 10.2 Å². The Hall–Kier alpha value is -2.21. The fourth-order valence-electron chi connectivity index (χ4n) is 3.83. The molecule has 1 fully saturated rings. The summed E-state index contributed by atoms with van der Waals surface area (Å²) in [6.45, 7) is 4.19. The molecule has 2 aromatic carbocycles. The highest BCUT2D eigenvalue weighted by atomic mass is 16.3. The second-order valence-electron chi connectivity index (χ2n) is 7.60. The van der Waals surface area contributed by atoms with Crippen molar-refractivity contribution in [3.63, 3.8) is 0 Å². The van der Waals surface area contributed by atoms with Crippen LogP contribution in [0.1, 0.15) is 30.4 Å². The van der Waals surface area contributed by atoms with E-state index in [0.29, 0.717) is 0 Å². The van der Waals surface area contributed by atoms with E-state index in [9.17, 15) is 5.11 Å². The number of hydrogen-bond donors (Lipinski definition) is 4. The maximum Gasteiger partial charge on any atom is 0.181 e. The Morgan fingerprint density at radius 3 is 2.64 bits per heavy atom. The maximum atomic E-state index is 10.1. The van der Waals surface area contributed by atoms with E-state index in [2.05, 4.69) is 45.9 Å². The lowest BCUT2D eigenvalue weighted by molar-refractivity contribution is 0.154. The van der Waals surface area contributed by atoms with Crippen molar-refractivity contribution in [2.45, 2.75) is 32.0 Å². The van der Waals surface area contributed by atoms with Gasteiger partial charge in [-0.3, -0.25) is 5.32 Å². The molecule has 1 unspecified atom stereocenters. The van der Waals surface area contributed by atoms with Gasteiger partial charge in [0.15, 0.2) is 6.35 Å². The second kappa shape index (κ2) is 11.0. The molecule has 0 radical (unpaired) electrons. The van der Waals surface area contributed by atoms with Gasteiger partial charge in [-0.15, -0.1) is 0 Å². The lowest BCUT2D eigenvalue weighted by Crippen LogP contribution is -2.39. The van der Waals surface area contributed by atoms with Crippen LogP contribution < -0.4 is 10.6 Å². The van der Waals surface area contributed by atoms with Crippen LogP contribution in [0.3, 0.4) is 0 Å². The van der Waals surface area contributed by atoms with Gasteiger partial charge in [0.2, 0.25) is 0 Å². The van der Waals surface area contributed by atoms with E-state index in [1.807, 2.05) is 24.3 Å². The molecular weight excluding hydrogens is 348 g/mol. The molecule has 0 aromatic heterocycles. The van der Waals surface area contributed by atoms with E-state index in [1.165, 1.54) is 44.1 Å². The first-order chi connectivity index (χ1) is 13.7. The first-order valence-corrected chi connectivity index (χ1v) is 10.3. The Bertz CT molecular complexity index is 714. The maximum absolute atomic E-state index is 10.1. The molecule has 4 N–H and O–H groups in total. The van der Waals surface area contributed by atoms with Crippen molar-refractivity contribution in [3.8, 4) is 0 Å². The van der Waals surface area contributed by atoms with Crippen LogP contribution >= 0.6 is 0 Å². The molecule has 0 amide bonds. The molecule has 1 saturated heterocycles. The molecule has 5 heteroatoms. The summed E-state index contributed by atoms with van der Waals surface area (Å²) >= 11 is 0. The summed E-state index contributed by atoms with van der Waals surface area (Å²) < 4.78 is 0. The van der Waals surface area contributed by atoms with Crippen LogP contribution in [-0.4, -0.2) is 48.8 Å². The van der Waals surface area contributed by atoms with Crippen molar-refractivity contribution in [2.75, 3.05) is 31.5 Å². The number of rotatable bonds is 10. The van der Waals surface area contributed by atoms with Crippen LogP contribution in [0.25, 0.3) is 0 Å². The van der Waals surface area contributed by atoms with E-state index < -0.39 is 6.35 Å². The van der Waals surface area contributed by atoms with Crippen molar-refractivity contribution < 1.29 is 5.11 Å². The number of benzene rings is 2. The summed E-state index contributed by atoms with van der Waals surface area (Å²) in [4.78, 5) is 2.54. The zero-order chi connectivity index (χ0) is 19.6. The molecule has 5 nitrogen and oxygen atoms in total. The largest absolute Gasteiger partial charge is 0.361 e. The summed E-state index contributed by atoms with van der Waals surface area (Å²) in [5.41, 5.74) is 3.08. The Kier molecular flexibility index (Phi) is 8.03. The molecule has 0 bridgehead atoms. The average molecular weight is 381 g/mol. The van der Waals surface area contributed by atoms with E-state index in [-0.39, 0.29) is 0 Å². The van der Waals surface area contributed by atoms with Gasteiger partial charge in [0.1, 0.15) is 0 Å². The quantitative estimate of drug-likeness (QED) is 0.290. The van der Waals surface area contributed by atoms with Crippen LogP contribution in [0, 0.1) is 11.3 Å². The number of hydrogen-bond acceptors (Lipinski definition) is 5. The molecule has 150 valence electrons. The van der Waals surface area contributed by atoms with Gasteiger partial charge in [0.25, 0.3) is 0 Å². The van der Waals surface area contributed by atoms with E-state index in [4.69, 9.17) is 5.41 Å². The first kappa shape index (κ1) is 20.5. The minimum absolute atomic E-state index is 0.766. The van der Waals surface area contributed by atoms with Gasteiger partial charge in [-0.2, -0.15) is 0 Å². The van der Waals surface area contributed by atoms with Gasteiger partial charge >= 0.3 is 0 Å². The third kappa shape index (κ3) is 6.75. The van der Waals surface area contributed by atoms with Crippen molar-refractivity contribution >= 4 is 11.9 Å². The topological polar surface area (TPSA) is 71.4 Å². The number of nitrogens with zero attached hydrogens (tertiary/aromatic N) is 1. The lowest BCUT2D eigenvalue weighted by atomic mass is 9.90. The third-order valence-electron chi connectivity index (χ3n) is 5.42. The Balaban J connectivity index is 1.28. The number of anilines is 1. The van der Waals surface area contributed by atoms with Gasteiger partial charge in [-0.05, 0) is 74.5 Å². The molecule has 2 aromatic rings. The Morgan fingerprint density at radius 2 is 1.89 bits per heavy atom. The minimum atomic E-state index is -0.780. The van der Waals surface area contributed by atoms with Gasteiger partial charge in [-0.25, -0.2) is 0 Å². The van der Waals surface area contributed by atoms with Gasteiger partial charge < -0.3 is 20.7 Å². The van der Waals surface area contributed by atoms with Crippen molar-refractivity contribution in [3.05, 3.63) is 65.7 Å². The van der Waals surface area contributed by atoms with E-state index in [1.54, 1.807) is 0 Å². The highest BCUT2D eigenvalue weighted by molar-refractivity contribution is 5.78. The SMILES string of the molecule is N=Cc1cccc(NC(O)NCCCN2CCC(Cc3ccccc3)CC2)c1. The smallest absolute Gasteiger partial charge is 0.181 e. The van der Waals surface area contributed by atoms with Crippen molar-refractivity contribution in [2.24, 2.45) is 5.92 Å². The van der Waals surface area contributed by atoms with Crippen LogP contribution in [0.5, 0.6) is 0 Å². The normalized spacial score (nSPS) is 16.6. The summed E-state index contributed by atoms with van der Waals surface area (Å²) in [6, 6.07) is 18.3. The number of aliphatic hydroxyl groups excluding tert-OH is 1. The number of likely N-dealkylation sites (tertiary alicyclic amines) is 1. The molecule has 1 atom stereocenters. The fraction of sp³-hybridized carbons (Fsp3) is 0.435. The fourth-order valence-corrected chi connectivity index (χ4v) is 3.83. The number of aliphatic hydroxyl groups is 1. The molecule has 1 heterocycles. The highest BCUT2D eigenvalue weighted by Gasteiger charge is 2.19. The first-order valence-electron chi connectivity index (χ1n) is 10.3. The summed E-state index contributed by atoms with van der Waals surface area (Å²) in [7, 11) is 0. The number of piperidine rings is 1. The Labute approximate surface area is 168 Å². The van der Waals surface area contributed by atoms with Crippen LogP contribution in [-0.2, 0) is 6.42 Å². The zero-order valence-corrected chi connectivity index (χ0v) is 16.5. The highest BCUT2D eigenvalue weighted by Crippen LogP contribution is 2.21. The molecular formula is C23H32N4O. The van der Waals surface area contributed by atoms with Gasteiger partial charge in [-0.1, -0.05) is 42.5 Å². The second-order valence-corrected chi connectivity index (χ2v) is 7.60. The lowest BCUT2D eigenvalue weighted by Gasteiger charge is -2.32.